The van der Waals surface area contributed by atoms with Crippen molar-refractivity contribution in [3.63, 3.8) is 0 Å². The number of fused-ring (bicyclic) bond motifs is 2. The molecule has 1 N–H and O–H groups in total. The van der Waals surface area contributed by atoms with Crippen LogP contribution in [-0.2, 0) is 0 Å². The minimum atomic E-state index is 0.818. The van der Waals surface area contributed by atoms with E-state index in [9.17, 15) is 0 Å². The molecule has 3 aliphatic rings. The fraction of sp³-hybridized carbons (Fsp3) is 1.00. The van der Waals surface area contributed by atoms with Gasteiger partial charge >= 0.3 is 0 Å². The Hall–Kier alpha value is -0.160. The molecular formula is C8H17N4+. The van der Waals surface area contributed by atoms with Gasteiger partial charge in [0.05, 0.1) is 33.0 Å². The number of rotatable bonds is 0. The van der Waals surface area contributed by atoms with E-state index >= 15 is 0 Å². The number of hydrogen-bond donors (Lipinski definition) is 1. The van der Waals surface area contributed by atoms with Gasteiger partial charge in [0.2, 0.25) is 0 Å². The minimum absolute atomic E-state index is 0.818. The molecule has 3 saturated heterocycles. The molecule has 3 bridgehead atoms. The molecule has 12 heavy (non-hydrogen) atoms. The van der Waals surface area contributed by atoms with Crippen molar-refractivity contribution in [3.8, 4) is 0 Å². The summed E-state index contributed by atoms with van der Waals surface area (Å²) < 4.78 is 1.20. The molecule has 0 saturated carbocycles. The van der Waals surface area contributed by atoms with E-state index in [-0.39, 0.29) is 0 Å². The van der Waals surface area contributed by atoms with Crippen LogP contribution in [0.2, 0.25) is 0 Å². The largest absolute Gasteiger partial charge is 0.300 e. The second-order valence-electron chi connectivity index (χ2n) is 4.75. The molecule has 4 heteroatoms. The van der Waals surface area contributed by atoms with Crippen LogP contribution in [0.15, 0.2) is 0 Å². The molecule has 68 valence electrons. The quantitative estimate of drug-likeness (QED) is 0.463. The maximum Gasteiger partial charge on any atom is 0.137 e. The summed E-state index contributed by atoms with van der Waals surface area (Å²) in [6, 6.07) is 0.818. The molecular weight excluding hydrogens is 152 g/mol. The van der Waals surface area contributed by atoms with E-state index in [4.69, 9.17) is 0 Å². The zero-order chi connectivity index (χ0) is 8.18. The highest BCUT2D eigenvalue weighted by Gasteiger charge is 2.45. The van der Waals surface area contributed by atoms with Crippen molar-refractivity contribution in [1.29, 1.82) is 0 Å². The SMILES string of the molecule is C[N+]12CNCN3CN(CC3C1)C2. The summed E-state index contributed by atoms with van der Waals surface area (Å²) in [5, 5.41) is 3.52. The molecule has 0 aliphatic carbocycles. The zero-order valence-corrected chi connectivity index (χ0v) is 7.66. The standard InChI is InChI=1S/C8H17N4/c1-12-3-8-2-10(7-12)6-11(8)4-9-5-12/h8-9H,2-7H2,1H3/q+1. The maximum atomic E-state index is 3.52. The monoisotopic (exact) mass is 169 g/mol. The Kier molecular flexibility index (Phi) is 1.33. The van der Waals surface area contributed by atoms with E-state index in [1.807, 2.05) is 0 Å². The molecule has 0 aromatic carbocycles. The third kappa shape index (κ3) is 0.925. The Bertz CT molecular complexity index is 207. The Morgan fingerprint density at radius 2 is 2.42 bits per heavy atom. The average Bonchev–Trinajstić information content (AvgIpc) is 2.20. The van der Waals surface area contributed by atoms with Crippen LogP contribution in [0.25, 0.3) is 0 Å². The highest BCUT2D eigenvalue weighted by molar-refractivity contribution is 4.85. The number of likely N-dealkylation sites (N-methyl/N-ethyl adjacent to an activating group) is 1. The Morgan fingerprint density at radius 1 is 1.50 bits per heavy atom. The van der Waals surface area contributed by atoms with Crippen molar-refractivity contribution in [2.75, 3.05) is 46.8 Å². The predicted molar refractivity (Wildman–Crippen MR) is 46.0 cm³/mol. The van der Waals surface area contributed by atoms with Crippen molar-refractivity contribution in [3.05, 3.63) is 0 Å². The van der Waals surface area contributed by atoms with Gasteiger partial charge in [-0.3, -0.25) is 14.7 Å². The first-order valence-electron chi connectivity index (χ1n) is 4.76. The van der Waals surface area contributed by atoms with Gasteiger partial charge in [-0.15, -0.1) is 0 Å². The summed E-state index contributed by atoms with van der Waals surface area (Å²) in [5.74, 6) is 0. The van der Waals surface area contributed by atoms with Gasteiger partial charge in [-0.05, 0) is 0 Å². The van der Waals surface area contributed by atoms with E-state index in [0.29, 0.717) is 0 Å². The Morgan fingerprint density at radius 3 is 3.33 bits per heavy atom. The van der Waals surface area contributed by atoms with Crippen LogP contribution in [0.4, 0.5) is 0 Å². The first-order valence-corrected chi connectivity index (χ1v) is 4.76. The zero-order valence-electron chi connectivity index (χ0n) is 7.66. The normalized spacial score (nSPS) is 52.8. The second kappa shape index (κ2) is 2.20. The van der Waals surface area contributed by atoms with E-state index < -0.39 is 0 Å². The predicted octanol–water partition coefficient (Wildman–Crippen LogP) is -1.13. The van der Waals surface area contributed by atoms with E-state index in [1.165, 1.54) is 30.9 Å². The van der Waals surface area contributed by atoms with Gasteiger partial charge in [0.25, 0.3) is 0 Å². The molecule has 4 nitrogen and oxygen atoms in total. The van der Waals surface area contributed by atoms with Crippen molar-refractivity contribution >= 4 is 0 Å². The molecule has 0 amide bonds. The molecule has 3 atom stereocenters. The van der Waals surface area contributed by atoms with Gasteiger partial charge in [0.15, 0.2) is 0 Å². The lowest BCUT2D eigenvalue weighted by molar-refractivity contribution is -0.925. The highest BCUT2D eigenvalue weighted by atomic mass is 15.6. The number of quaternary nitrogens is 1. The molecule has 3 fully saturated rings. The van der Waals surface area contributed by atoms with Crippen LogP contribution in [0.3, 0.4) is 0 Å². The number of nitrogens with zero attached hydrogens (tertiary/aromatic N) is 3. The summed E-state index contributed by atoms with van der Waals surface area (Å²) in [4.78, 5) is 5.14. The third-order valence-electron chi connectivity index (χ3n) is 3.37. The van der Waals surface area contributed by atoms with Crippen LogP contribution in [-0.4, -0.2) is 67.1 Å². The first-order chi connectivity index (χ1) is 5.75. The van der Waals surface area contributed by atoms with Gasteiger partial charge in [0, 0.05) is 6.54 Å². The van der Waals surface area contributed by atoms with Crippen molar-refractivity contribution < 1.29 is 4.48 Å². The molecule has 0 aromatic rings. The Balaban J connectivity index is 1.94. The Labute approximate surface area is 73.3 Å². The third-order valence-corrected chi connectivity index (χ3v) is 3.37. The summed E-state index contributed by atoms with van der Waals surface area (Å²) in [6.07, 6.45) is 0. The summed E-state index contributed by atoms with van der Waals surface area (Å²) in [5.41, 5.74) is 0. The van der Waals surface area contributed by atoms with Gasteiger partial charge in [0.1, 0.15) is 13.3 Å². The van der Waals surface area contributed by atoms with Crippen LogP contribution >= 0.6 is 0 Å². The molecule has 3 rings (SSSR count). The van der Waals surface area contributed by atoms with Gasteiger partial charge < -0.3 is 0 Å². The smallest absolute Gasteiger partial charge is 0.137 e. The van der Waals surface area contributed by atoms with Crippen molar-refractivity contribution in [2.45, 2.75) is 6.04 Å². The van der Waals surface area contributed by atoms with Gasteiger partial charge in [-0.25, -0.2) is 4.90 Å². The molecule has 3 unspecified atom stereocenters. The second-order valence-corrected chi connectivity index (χ2v) is 4.75. The summed E-state index contributed by atoms with van der Waals surface area (Å²) in [6.45, 7) is 7.29. The van der Waals surface area contributed by atoms with Crippen molar-refractivity contribution in [2.24, 2.45) is 0 Å². The fourth-order valence-electron chi connectivity index (χ4n) is 2.93. The lowest BCUT2D eigenvalue weighted by atomic mass is 10.2. The molecule has 0 aromatic heterocycles. The first kappa shape index (κ1) is 7.26. The average molecular weight is 169 g/mol. The van der Waals surface area contributed by atoms with Crippen LogP contribution in [0.5, 0.6) is 0 Å². The lowest BCUT2D eigenvalue weighted by Gasteiger charge is -2.40. The lowest BCUT2D eigenvalue weighted by Crippen LogP contribution is -2.60. The van der Waals surface area contributed by atoms with E-state index in [0.717, 1.165) is 19.4 Å². The topological polar surface area (TPSA) is 18.5 Å². The van der Waals surface area contributed by atoms with Gasteiger partial charge in [-0.1, -0.05) is 0 Å². The molecule has 3 aliphatic heterocycles. The fourth-order valence-corrected chi connectivity index (χ4v) is 2.93. The minimum Gasteiger partial charge on any atom is -0.300 e. The van der Waals surface area contributed by atoms with Crippen LogP contribution < -0.4 is 5.32 Å². The summed E-state index contributed by atoms with van der Waals surface area (Å²) >= 11 is 0. The highest BCUT2D eigenvalue weighted by Crippen LogP contribution is 2.25. The van der Waals surface area contributed by atoms with Crippen molar-refractivity contribution in [1.82, 2.24) is 15.1 Å². The number of hydrogen-bond acceptors (Lipinski definition) is 3. The maximum absolute atomic E-state index is 3.52. The molecule has 0 radical (unpaired) electrons. The summed E-state index contributed by atoms with van der Waals surface area (Å²) in [7, 11) is 2.36. The molecule has 0 spiro atoms. The van der Waals surface area contributed by atoms with E-state index in [1.54, 1.807) is 0 Å². The molecule has 3 heterocycles. The van der Waals surface area contributed by atoms with Crippen LogP contribution in [0, 0.1) is 0 Å². The van der Waals surface area contributed by atoms with Gasteiger partial charge in [-0.2, -0.15) is 0 Å². The van der Waals surface area contributed by atoms with E-state index in [2.05, 4.69) is 22.2 Å². The number of nitrogens with one attached hydrogen (secondary N) is 1. The van der Waals surface area contributed by atoms with Crippen LogP contribution in [0.1, 0.15) is 0 Å².